The minimum atomic E-state index is 0. The van der Waals surface area contributed by atoms with Gasteiger partial charge in [0.15, 0.2) is 5.96 Å². The van der Waals surface area contributed by atoms with Crippen LogP contribution in [0.5, 0.6) is 0 Å². The number of nitrogens with one attached hydrogen (secondary N) is 2. The van der Waals surface area contributed by atoms with E-state index in [2.05, 4.69) is 46.8 Å². The molecule has 0 saturated carbocycles. The topological polar surface area (TPSA) is 56.7 Å². The molecular formula is C23H30ClIN4OS. The normalized spacial score (nSPS) is 13.8. The number of rotatable bonds is 9. The summed E-state index contributed by atoms with van der Waals surface area (Å²) in [4.78, 5) is 19.6. The van der Waals surface area contributed by atoms with Crippen LogP contribution in [0.1, 0.15) is 30.9 Å². The van der Waals surface area contributed by atoms with Gasteiger partial charge in [0.2, 0.25) is 5.91 Å². The third-order valence-corrected chi connectivity index (χ3v) is 6.07. The van der Waals surface area contributed by atoms with Gasteiger partial charge < -0.3 is 15.5 Å². The summed E-state index contributed by atoms with van der Waals surface area (Å²) in [5.41, 5.74) is 2.32. The number of carbonyl (C=O) groups excluding carboxylic acids is 1. The van der Waals surface area contributed by atoms with E-state index >= 15 is 0 Å². The summed E-state index contributed by atoms with van der Waals surface area (Å²) in [6, 6.07) is 16.3. The zero-order valence-corrected chi connectivity index (χ0v) is 21.7. The van der Waals surface area contributed by atoms with Crippen molar-refractivity contribution in [3.8, 4) is 0 Å². The summed E-state index contributed by atoms with van der Waals surface area (Å²) < 4.78 is 0. The summed E-state index contributed by atoms with van der Waals surface area (Å²) in [6.45, 7) is 5.90. The predicted molar refractivity (Wildman–Crippen MR) is 142 cm³/mol. The average molecular weight is 573 g/mol. The number of nitrogens with zero attached hydrogens (tertiary/aromatic N) is 2. The molecule has 1 saturated heterocycles. The Morgan fingerprint density at radius 2 is 1.81 bits per heavy atom. The van der Waals surface area contributed by atoms with Crippen molar-refractivity contribution in [1.29, 1.82) is 0 Å². The molecule has 31 heavy (non-hydrogen) atoms. The van der Waals surface area contributed by atoms with Crippen LogP contribution >= 0.6 is 47.3 Å². The van der Waals surface area contributed by atoms with E-state index in [9.17, 15) is 4.79 Å². The van der Waals surface area contributed by atoms with Gasteiger partial charge >= 0.3 is 0 Å². The highest BCUT2D eigenvalue weighted by atomic mass is 127. The Kier molecular flexibility index (Phi) is 11.5. The Morgan fingerprint density at radius 1 is 1.10 bits per heavy atom. The molecule has 3 rings (SSSR count). The SMILES string of the molecule is CCNC(=NCc1ccc(CN2CCCC2=O)cc1)NCCSc1ccc(Cl)cc1.I. The van der Waals surface area contributed by atoms with Crippen molar-refractivity contribution in [3.05, 3.63) is 64.7 Å². The minimum Gasteiger partial charge on any atom is -0.357 e. The van der Waals surface area contributed by atoms with Gasteiger partial charge in [0.25, 0.3) is 0 Å². The van der Waals surface area contributed by atoms with Crippen LogP contribution in [0.25, 0.3) is 0 Å². The molecule has 1 aliphatic heterocycles. The maximum atomic E-state index is 11.8. The molecule has 8 heteroatoms. The fraction of sp³-hybridized carbons (Fsp3) is 0.391. The van der Waals surface area contributed by atoms with Crippen molar-refractivity contribution >= 4 is 59.2 Å². The van der Waals surface area contributed by atoms with Gasteiger partial charge in [-0.05, 0) is 48.7 Å². The van der Waals surface area contributed by atoms with Crippen molar-refractivity contribution in [2.24, 2.45) is 4.99 Å². The van der Waals surface area contributed by atoms with Gasteiger partial charge in [-0.2, -0.15) is 0 Å². The second kappa shape index (κ2) is 13.9. The van der Waals surface area contributed by atoms with Gasteiger partial charge in [0, 0.05) is 48.3 Å². The molecule has 0 bridgehead atoms. The number of hydrogen-bond donors (Lipinski definition) is 2. The number of hydrogen-bond acceptors (Lipinski definition) is 3. The molecule has 0 radical (unpaired) electrons. The van der Waals surface area contributed by atoms with E-state index in [1.54, 1.807) is 11.8 Å². The second-order valence-electron chi connectivity index (χ2n) is 7.16. The standard InChI is InChI=1S/C23H29ClN4OS.HI/c1-2-25-23(26-13-15-30-21-11-9-20(24)10-12-21)27-16-18-5-7-19(8-6-18)17-28-14-3-4-22(28)29;/h5-12H,2-4,13-17H2,1H3,(H2,25,26,27);1H. The molecule has 2 aromatic rings. The summed E-state index contributed by atoms with van der Waals surface area (Å²) in [5.74, 6) is 2.02. The van der Waals surface area contributed by atoms with Gasteiger partial charge in [0.1, 0.15) is 0 Å². The number of guanidine groups is 1. The number of carbonyl (C=O) groups is 1. The number of thioether (sulfide) groups is 1. The first-order chi connectivity index (χ1) is 14.6. The van der Waals surface area contributed by atoms with Crippen LogP contribution in [0.15, 0.2) is 58.4 Å². The number of halogens is 2. The summed E-state index contributed by atoms with van der Waals surface area (Å²) in [5, 5.41) is 7.44. The van der Waals surface area contributed by atoms with Gasteiger partial charge in [-0.25, -0.2) is 4.99 Å². The monoisotopic (exact) mass is 572 g/mol. The van der Waals surface area contributed by atoms with Gasteiger partial charge in [-0.15, -0.1) is 35.7 Å². The lowest BCUT2D eigenvalue weighted by molar-refractivity contribution is -0.128. The van der Waals surface area contributed by atoms with Crippen LogP contribution < -0.4 is 10.6 Å². The maximum Gasteiger partial charge on any atom is 0.222 e. The van der Waals surface area contributed by atoms with Crippen molar-refractivity contribution in [2.45, 2.75) is 37.8 Å². The minimum absolute atomic E-state index is 0. The van der Waals surface area contributed by atoms with Crippen LogP contribution in [0.3, 0.4) is 0 Å². The second-order valence-corrected chi connectivity index (χ2v) is 8.76. The lowest BCUT2D eigenvalue weighted by Gasteiger charge is -2.15. The highest BCUT2D eigenvalue weighted by Crippen LogP contribution is 2.19. The van der Waals surface area contributed by atoms with E-state index in [1.807, 2.05) is 29.2 Å². The van der Waals surface area contributed by atoms with E-state index in [1.165, 1.54) is 10.5 Å². The Morgan fingerprint density at radius 3 is 2.45 bits per heavy atom. The van der Waals surface area contributed by atoms with Crippen LogP contribution in [0.4, 0.5) is 0 Å². The van der Waals surface area contributed by atoms with E-state index in [0.29, 0.717) is 19.5 Å². The predicted octanol–water partition coefficient (Wildman–Crippen LogP) is 4.93. The molecule has 1 amide bonds. The first kappa shape index (κ1) is 25.8. The first-order valence-electron chi connectivity index (χ1n) is 10.4. The quantitative estimate of drug-likeness (QED) is 0.147. The van der Waals surface area contributed by atoms with Crippen LogP contribution in [0, 0.1) is 0 Å². The molecule has 1 heterocycles. The van der Waals surface area contributed by atoms with Gasteiger partial charge in [-0.3, -0.25) is 4.79 Å². The highest BCUT2D eigenvalue weighted by Gasteiger charge is 2.19. The van der Waals surface area contributed by atoms with Crippen molar-refractivity contribution in [3.63, 3.8) is 0 Å². The Labute approximate surface area is 211 Å². The van der Waals surface area contributed by atoms with Gasteiger partial charge in [0.05, 0.1) is 6.54 Å². The van der Waals surface area contributed by atoms with E-state index in [4.69, 9.17) is 11.6 Å². The number of amides is 1. The van der Waals surface area contributed by atoms with E-state index in [0.717, 1.165) is 48.4 Å². The van der Waals surface area contributed by atoms with E-state index in [-0.39, 0.29) is 29.9 Å². The number of aliphatic imine (C=N–C) groups is 1. The molecule has 168 valence electrons. The van der Waals surface area contributed by atoms with Crippen molar-refractivity contribution in [2.75, 3.05) is 25.4 Å². The zero-order valence-electron chi connectivity index (χ0n) is 17.8. The molecule has 0 atom stereocenters. The molecule has 0 aromatic heterocycles. The summed E-state index contributed by atoms with van der Waals surface area (Å²) in [7, 11) is 0. The fourth-order valence-corrected chi connectivity index (χ4v) is 4.12. The van der Waals surface area contributed by atoms with Crippen LogP contribution in [0.2, 0.25) is 5.02 Å². The molecule has 0 spiro atoms. The molecule has 0 aliphatic carbocycles. The third-order valence-electron chi connectivity index (χ3n) is 4.81. The smallest absolute Gasteiger partial charge is 0.222 e. The molecule has 5 nitrogen and oxygen atoms in total. The Bertz CT molecular complexity index is 846. The molecule has 0 unspecified atom stereocenters. The van der Waals surface area contributed by atoms with Gasteiger partial charge in [-0.1, -0.05) is 35.9 Å². The first-order valence-corrected chi connectivity index (χ1v) is 11.8. The Balaban J connectivity index is 0.00000341. The summed E-state index contributed by atoms with van der Waals surface area (Å²) in [6.07, 6.45) is 1.66. The molecule has 2 N–H and O–H groups in total. The number of benzene rings is 2. The molecule has 1 aliphatic rings. The average Bonchev–Trinajstić information content (AvgIpc) is 3.16. The fourth-order valence-electron chi connectivity index (χ4n) is 3.22. The Hall–Kier alpha value is -1.45. The lowest BCUT2D eigenvalue weighted by atomic mass is 10.1. The zero-order chi connectivity index (χ0) is 21.2. The summed E-state index contributed by atoms with van der Waals surface area (Å²) >= 11 is 7.71. The lowest BCUT2D eigenvalue weighted by Crippen LogP contribution is -2.38. The molecule has 1 fully saturated rings. The van der Waals surface area contributed by atoms with Crippen LogP contribution in [-0.2, 0) is 17.9 Å². The number of likely N-dealkylation sites (tertiary alicyclic amines) is 1. The van der Waals surface area contributed by atoms with E-state index < -0.39 is 0 Å². The van der Waals surface area contributed by atoms with Crippen LogP contribution in [-0.4, -0.2) is 42.2 Å². The highest BCUT2D eigenvalue weighted by molar-refractivity contribution is 14.0. The largest absolute Gasteiger partial charge is 0.357 e. The van der Waals surface area contributed by atoms with Crippen molar-refractivity contribution in [1.82, 2.24) is 15.5 Å². The third kappa shape index (κ3) is 8.90. The van der Waals surface area contributed by atoms with Crippen molar-refractivity contribution < 1.29 is 4.79 Å². The maximum absolute atomic E-state index is 11.8. The molecule has 2 aromatic carbocycles. The molecular weight excluding hydrogens is 543 g/mol.